The molecule has 0 atom stereocenters. The third-order valence-electron chi connectivity index (χ3n) is 4.42. The van der Waals surface area contributed by atoms with Gasteiger partial charge in [-0.2, -0.15) is 14.0 Å². The summed E-state index contributed by atoms with van der Waals surface area (Å²) in [5.74, 6) is -2.52. The van der Waals surface area contributed by atoms with Crippen LogP contribution in [0.5, 0.6) is 5.75 Å². The first kappa shape index (κ1) is 23.7. The van der Waals surface area contributed by atoms with Crippen LogP contribution in [0.4, 0.5) is 14.5 Å². The van der Waals surface area contributed by atoms with Crippen LogP contribution in [0, 0.1) is 11.3 Å². The Balaban J connectivity index is 1.54. The van der Waals surface area contributed by atoms with Crippen molar-refractivity contribution < 1.29 is 32.6 Å². The van der Waals surface area contributed by atoms with Crippen molar-refractivity contribution in [1.29, 1.82) is 5.26 Å². The standard InChI is InChI=1S/C22H17F2N3O5S/c1-27-16-7-2-3-8-18(16)33-21(27)15(10-25)17(28)12-31-19(29)11-26-20(30)13-5-4-6-14(9-13)32-22(23)24/h2-9,22H,11-12H2,1H3,(H,26,30)/b21-15-. The van der Waals surface area contributed by atoms with E-state index >= 15 is 0 Å². The number of rotatable bonds is 8. The van der Waals surface area contributed by atoms with E-state index in [0.717, 1.165) is 16.6 Å². The fraction of sp³-hybridized carbons (Fsp3) is 0.182. The van der Waals surface area contributed by atoms with Gasteiger partial charge in [0.25, 0.3) is 5.91 Å². The molecule has 0 saturated heterocycles. The number of fused-ring (bicyclic) bond motifs is 1. The molecule has 0 aliphatic carbocycles. The van der Waals surface area contributed by atoms with Gasteiger partial charge < -0.3 is 19.7 Å². The highest BCUT2D eigenvalue weighted by atomic mass is 32.2. The third-order valence-corrected chi connectivity index (χ3v) is 5.66. The molecular weight excluding hydrogens is 456 g/mol. The summed E-state index contributed by atoms with van der Waals surface area (Å²) in [5.41, 5.74) is 0.696. The molecule has 170 valence electrons. The Morgan fingerprint density at radius 3 is 2.64 bits per heavy atom. The molecule has 0 saturated carbocycles. The van der Waals surface area contributed by atoms with Crippen LogP contribution < -0.4 is 15.0 Å². The number of nitrogens with zero attached hydrogens (tertiary/aromatic N) is 2. The van der Waals surface area contributed by atoms with E-state index in [2.05, 4.69) is 10.1 Å². The van der Waals surface area contributed by atoms with Gasteiger partial charge in [0.05, 0.1) is 5.69 Å². The zero-order valence-electron chi connectivity index (χ0n) is 17.2. The number of Topliss-reactive ketones (excluding diaryl/α,β-unsaturated/α-hetero) is 1. The first-order chi connectivity index (χ1) is 15.8. The van der Waals surface area contributed by atoms with Gasteiger partial charge in [-0.05, 0) is 30.3 Å². The van der Waals surface area contributed by atoms with Gasteiger partial charge in [-0.1, -0.05) is 30.0 Å². The second-order valence-electron chi connectivity index (χ2n) is 6.59. The van der Waals surface area contributed by atoms with Crippen LogP contribution in [-0.4, -0.2) is 44.5 Å². The highest BCUT2D eigenvalue weighted by Crippen LogP contribution is 2.46. The number of nitriles is 1. The lowest BCUT2D eigenvalue weighted by Gasteiger charge is -2.14. The summed E-state index contributed by atoms with van der Waals surface area (Å²) in [5, 5.41) is 12.2. The number of anilines is 1. The van der Waals surface area contributed by atoms with Crippen molar-refractivity contribution in [3.05, 3.63) is 64.7 Å². The maximum atomic E-state index is 12.5. The minimum absolute atomic E-state index is 0.00520. The first-order valence-corrected chi connectivity index (χ1v) is 10.3. The van der Waals surface area contributed by atoms with Crippen LogP contribution >= 0.6 is 11.8 Å². The van der Waals surface area contributed by atoms with E-state index < -0.39 is 37.4 Å². The Hall–Kier alpha value is -3.91. The zero-order chi connectivity index (χ0) is 24.0. The van der Waals surface area contributed by atoms with E-state index in [9.17, 15) is 28.4 Å². The van der Waals surface area contributed by atoms with Crippen molar-refractivity contribution in [3.8, 4) is 11.8 Å². The smallest absolute Gasteiger partial charge is 0.387 e. The number of ketones is 1. The Kier molecular flexibility index (Phi) is 7.63. The summed E-state index contributed by atoms with van der Waals surface area (Å²) in [7, 11) is 1.72. The molecule has 0 radical (unpaired) electrons. The maximum absolute atomic E-state index is 12.5. The average Bonchev–Trinajstić information content (AvgIpc) is 3.12. The van der Waals surface area contributed by atoms with E-state index in [1.807, 2.05) is 30.3 Å². The molecule has 0 aromatic heterocycles. The molecule has 0 unspecified atom stereocenters. The van der Waals surface area contributed by atoms with E-state index in [0.29, 0.717) is 5.03 Å². The van der Waals surface area contributed by atoms with Gasteiger partial charge in [-0.25, -0.2) is 0 Å². The van der Waals surface area contributed by atoms with Crippen LogP contribution in [0.2, 0.25) is 0 Å². The topological polar surface area (TPSA) is 109 Å². The summed E-state index contributed by atoms with van der Waals surface area (Å²) in [6, 6.07) is 14.3. The third kappa shape index (κ3) is 5.87. The van der Waals surface area contributed by atoms with E-state index in [-0.39, 0.29) is 16.9 Å². The van der Waals surface area contributed by atoms with E-state index in [1.165, 1.54) is 30.0 Å². The Labute approximate surface area is 191 Å². The minimum Gasteiger partial charge on any atom is -0.456 e. The lowest BCUT2D eigenvalue weighted by atomic mass is 10.2. The Bertz CT molecular complexity index is 1160. The molecule has 2 aromatic rings. The molecule has 1 aliphatic rings. The Morgan fingerprint density at radius 2 is 1.94 bits per heavy atom. The number of thioether (sulfide) groups is 1. The Morgan fingerprint density at radius 1 is 1.18 bits per heavy atom. The molecule has 3 rings (SSSR count). The normalized spacial score (nSPS) is 13.7. The number of esters is 1. The number of halogens is 2. The molecule has 33 heavy (non-hydrogen) atoms. The first-order valence-electron chi connectivity index (χ1n) is 9.47. The van der Waals surface area contributed by atoms with Gasteiger partial charge in [0.15, 0.2) is 6.61 Å². The van der Waals surface area contributed by atoms with E-state index in [4.69, 9.17) is 4.74 Å². The van der Waals surface area contributed by atoms with Gasteiger partial charge in [-0.15, -0.1) is 0 Å². The van der Waals surface area contributed by atoms with Crippen molar-refractivity contribution in [2.45, 2.75) is 11.5 Å². The van der Waals surface area contributed by atoms with Crippen LogP contribution in [0.15, 0.2) is 64.0 Å². The van der Waals surface area contributed by atoms with Crippen LogP contribution in [0.1, 0.15) is 10.4 Å². The van der Waals surface area contributed by atoms with Crippen molar-refractivity contribution in [3.63, 3.8) is 0 Å². The number of para-hydroxylation sites is 1. The van der Waals surface area contributed by atoms with Gasteiger partial charge in [0.1, 0.15) is 29.0 Å². The summed E-state index contributed by atoms with van der Waals surface area (Å²) in [6.45, 7) is -4.28. The summed E-state index contributed by atoms with van der Waals surface area (Å²) in [4.78, 5) is 39.1. The molecule has 2 aromatic carbocycles. The highest BCUT2D eigenvalue weighted by Gasteiger charge is 2.28. The number of hydrogen-bond acceptors (Lipinski definition) is 8. The largest absolute Gasteiger partial charge is 0.456 e. The summed E-state index contributed by atoms with van der Waals surface area (Å²) >= 11 is 1.26. The SMILES string of the molecule is CN1/C(=C(\C#N)C(=O)COC(=O)CNC(=O)c2cccc(OC(F)F)c2)Sc2ccccc21. The monoisotopic (exact) mass is 473 g/mol. The molecule has 1 aliphatic heterocycles. The summed E-state index contributed by atoms with van der Waals surface area (Å²) in [6.07, 6.45) is 0. The predicted octanol–water partition coefficient (Wildman–Crippen LogP) is 3.11. The second kappa shape index (κ2) is 10.6. The molecule has 11 heteroatoms. The number of hydrogen-bond donors (Lipinski definition) is 1. The van der Waals surface area contributed by atoms with Gasteiger partial charge >= 0.3 is 12.6 Å². The van der Waals surface area contributed by atoms with Crippen molar-refractivity contribution in [1.82, 2.24) is 5.32 Å². The molecule has 0 fully saturated rings. The lowest BCUT2D eigenvalue weighted by Crippen LogP contribution is -2.31. The molecular formula is C22H17F2N3O5S. The zero-order valence-corrected chi connectivity index (χ0v) is 18.0. The average molecular weight is 473 g/mol. The van der Waals surface area contributed by atoms with Crippen LogP contribution in [0.25, 0.3) is 0 Å². The number of ether oxygens (including phenoxy) is 2. The van der Waals surface area contributed by atoms with Gasteiger partial charge in [-0.3, -0.25) is 14.4 Å². The predicted molar refractivity (Wildman–Crippen MR) is 115 cm³/mol. The molecule has 1 amide bonds. The number of benzene rings is 2. The number of alkyl halides is 2. The molecule has 0 bridgehead atoms. The highest BCUT2D eigenvalue weighted by molar-refractivity contribution is 8.03. The molecule has 8 nitrogen and oxygen atoms in total. The molecule has 1 heterocycles. The maximum Gasteiger partial charge on any atom is 0.387 e. The minimum atomic E-state index is -3.04. The quantitative estimate of drug-likeness (QED) is 0.354. The van der Waals surface area contributed by atoms with Gasteiger partial charge in [0, 0.05) is 17.5 Å². The van der Waals surface area contributed by atoms with Crippen molar-refractivity contribution in [2.24, 2.45) is 0 Å². The van der Waals surface area contributed by atoms with Crippen molar-refractivity contribution in [2.75, 3.05) is 25.1 Å². The second-order valence-corrected chi connectivity index (χ2v) is 7.62. The number of amides is 1. The molecule has 1 N–H and O–H groups in total. The fourth-order valence-corrected chi connectivity index (χ4v) is 4.05. The van der Waals surface area contributed by atoms with Crippen molar-refractivity contribution >= 4 is 35.1 Å². The lowest BCUT2D eigenvalue weighted by molar-refractivity contribution is -0.145. The van der Waals surface area contributed by atoms with Crippen LogP contribution in [-0.2, 0) is 14.3 Å². The van der Waals surface area contributed by atoms with E-state index in [1.54, 1.807) is 11.9 Å². The van der Waals surface area contributed by atoms with Gasteiger partial charge in [0.2, 0.25) is 5.78 Å². The van der Waals surface area contributed by atoms with Crippen LogP contribution in [0.3, 0.4) is 0 Å². The molecule has 0 spiro atoms. The summed E-state index contributed by atoms with van der Waals surface area (Å²) < 4.78 is 33.7. The number of nitrogens with one attached hydrogen (secondary N) is 1. The fourth-order valence-electron chi connectivity index (χ4n) is 2.89. The number of carbonyl (C=O) groups is 3. The number of carbonyl (C=O) groups excluding carboxylic acids is 3.